The molecule has 0 atom stereocenters. The second kappa shape index (κ2) is 6.26. The molecular weight excluding hydrogens is 316 g/mol. The summed E-state index contributed by atoms with van der Waals surface area (Å²) in [7, 11) is 1.57. The Balaban J connectivity index is 1.78. The van der Waals surface area contributed by atoms with Gasteiger partial charge in [0.2, 0.25) is 0 Å². The van der Waals surface area contributed by atoms with Crippen LogP contribution in [0.1, 0.15) is 5.69 Å². The second-order valence-electron chi connectivity index (χ2n) is 5.23. The molecule has 0 aliphatic carbocycles. The number of hydrogen-bond donors (Lipinski definition) is 0. The summed E-state index contributed by atoms with van der Waals surface area (Å²) in [6, 6.07) is 5.84. The van der Waals surface area contributed by atoms with Crippen molar-refractivity contribution in [3.05, 3.63) is 45.6 Å². The van der Waals surface area contributed by atoms with E-state index in [1.54, 1.807) is 19.4 Å². The molecule has 0 aromatic carbocycles. The molecule has 7 nitrogen and oxygen atoms in total. The van der Waals surface area contributed by atoms with Gasteiger partial charge in [0.1, 0.15) is 11.1 Å². The van der Waals surface area contributed by atoms with Crippen LogP contribution in [0.25, 0.3) is 0 Å². The van der Waals surface area contributed by atoms with E-state index in [4.69, 9.17) is 16.9 Å². The Morgan fingerprint density at radius 3 is 2.52 bits per heavy atom. The quantitative estimate of drug-likeness (QED) is 0.818. The molecule has 2 aromatic heterocycles. The third-order valence-corrected chi connectivity index (χ3v) is 4.27. The van der Waals surface area contributed by atoms with Crippen LogP contribution in [0, 0.1) is 11.3 Å². The molecule has 0 saturated carbocycles. The summed E-state index contributed by atoms with van der Waals surface area (Å²) >= 11 is 6.15. The van der Waals surface area contributed by atoms with Crippen LogP contribution in [0.4, 0.5) is 11.4 Å². The highest BCUT2D eigenvalue weighted by atomic mass is 35.5. The summed E-state index contributed by atoms with van der Waals surface area (Å²) < 4.78 is 1.22. The lowest BCUT2D eigenvalue weighted by atomic mass is 10.2. The molecule has 1 aliphatic heterocycles. The average molecular weight is 331 g/mol. The van der Waals surface area contributed by atoms with Crippen molar-refractivity contribution in [2.24, 2.45) is 7.05 Å². The lowest BCUT2D eigenvalue weighted by Crippen LogP contribution is -2.47. The zero-order valence-corrected chi connectivity index (χ0v) is 13.4. The molecule has 0 bridgehead atoms. The number of rotatable bonds is 2. The number of halogens is 1. The van der Waals surface area contributed by atoms with Gasteiger partial charge in [0.25, 0.3) is 5.56 Å². The van der Waals surface area contributed by atoms with E-state index in [9.17, 15) is 4.79 Å². The van der Waals surface area contributed by atoms with Crippen LogP contribution in [0.5, 0.6) is 0 Å². The normalized spacial score (nSPS) is 14.7. The van der Waals surface area contributed by atoms with Crippen molar-refractivity contribution >= 4 is 23.0 Å². The molecule has 118 valence electrons. The van der Waals surface area contributed by atoms with E-state index in [1.165, 1.54) is 4.68 Å². The van der Waals surface area contributed by atoms with Crippen molar-refractivity contribution in [3.8, 4) is 6.07 Å². The predicted molar refractivity (Wildman–Crippen MR) is 87.9 cm³/mol. The predicted octanol–water partition coefficient (Wildman–Crippen LogP) is 1.03. The van der Waals surface area contributed by atoms with Crippen molar-refractivity contribution in [2.75, 3.05) is 36.0 Å². The van der Waals surface area contributed by atoms with Gasteiger partial charge in [-0.1, -0.05) is 11.6 Å². The first-order valence-electron chi connectivity index (χ1n) is 7.18. The Kier molecular flexibility index (Phi) is 4.17. The second-order valence-corrected chi connectivity index (χ2v) is 5.61. The molecular formula is C15H15ClN6O. The molecule has 0 unspecified atom stereocenters. The molecule has 8 heteroatoms. The summed E-state index contributed by atoms with van der Waals surface area (Å²) in [6.07, 6.45) is 3.23. The molecule has 0 amide bonds. The first-order chi connectivity index (χ1) is 11.1. The minimum Gasteiger partial charge on any atom is -0.366 e. The van der Waals surface area contributed by atoms with Crippen molar-refractivity contribution < 1.29 is 0 Å². The van der Waals surface area contributed by atoms with E-state index in [2.05, 4.69) is 21.1 Å². The van der Waals surface area contributed by atoms with Gasteiger partial charge in [-0.25, -0.2) is 9.67 Å². The van der Waals surface area contributed by atoms with Crippen molar-refractivity contribution in [1.82, 2.24) is 14.8 Å². The monoisotopic (exact) mass is 330 g/mol. The molecule has 0 radical (unpaired) electrons. The fourth-order valence-corrected chi connectivity index (χ4v) is 2.94. The first-order valence-corrected chi connectivity index (χ1v) is 7.56. The van der Waals surface area contributed by atoms with Gasteiger partial charge in [-0.3, -0.25) is 4.79 Å². The fourth-order valence-electron chi connectivity index (χ4n) is 2.65. The molecule has 3 rings (SSSR count). The molecule has 1 saturated heterocycles. The van der Waals surface area contributed by atoms with E-state index in [0.29, 0.717) is 37.6 Å². The fraction of sp³-hybridized carbons (Fsp3) is 0.333. The van der Waals surface area contributed by atoms with Gasteiger partial charge < -0.3 is 9.80 Å². The molecule has 1 aliphatic rings. The Morgan fingerprint density at radius 1 is 1.22 bits per heavy atom. The van der Waals surface area contributed by atoms with E-state index < -0.39 is 0 Å². The van der Waals surface area contributed by atoms with E-state index in [-0.39, 0.29) is 10.6 Å². The van der Waals surface area contributed by atoms with Gasteiger partial charge >= 0.3 is 0 Å². The minimum atomic E-state index is -0.300. The summed E-state index contributed by atoms with van der Waals surface area (Å²) in [6.45, 7) is 2.81. The zero-order chi connectivity index (χ0) is 16.4. The number of nitriles is 1. The van der Waals surface area contributed by atoms with Crippen LogP contribution in [0.15, 0.2) is 29.3 Å². The van der Waals surface area contributed by atoms with Crippen molar-refractivity contribution in [2.45, 2.75) is 0 Å². The van der Waals surface area contributed by atoms with Crippen molar-refractivity contribution in [3.63, 3.8) is 0 Å². The van der Waals surface area contributed by atoms with Gasteiger partial charge in [0.05, 0.1) is 17.6 Å². The maximum atomic E-state index is 11.9. The zero-order valence-electron chi connectivity index (χ0n) is 12.6. The maximum absolute atomic E-state index is 11.9. The first kappa shape index (κ1) is 15.3. The third kappa shape index (κ3) is 2.85. The number of aromatic nitrogens is 3. The average Bonchev–Trinajstić information content (AvgIpc) is 2.60. The van der Waals surface area contributed by atoms with E-state index in [0.717, 1.165) is 5.69 Å². The lowest BCUT2D eigenvalue weighted by molar-refractivity contribution is 0.642. The minimum absolute atomic E-state index is 0.190. The Hall–Kier alpha value is -2.59. The number of aryl methyl sites for hydroxylation is 1. The lowest BCUT2D eigenvalue weighted by Gasteiger charge is -2.37. The number of anilines is 2. The van der Waals surface area contributed by atoms with Crippen LogP contribution in [0.2, 0.25) is 5.02 Å². The number of pyridine rings is 1. The maximum Gasteiger partial charge on any atom is 0.287 e. The molecule has 0 N–H and O–H groups in total. The van der Waals surface area contributed by atoms with Crippen molar-refractivity contribution in [1.29, 1.82) is 5.26 Å². The number of nitrogens with zero attached hydrogens (tertiary/aromatic N) is 6. The molecule has 23 heavy (non-hydrogen) atoms. The van der Waals surface area contributed by atoms with Gasteiger partial charge in [-0.05, 0) is 12.1 Å². The van der Waals surface area contributed by atoms with Crippen LogP contribution in [-0.2, 0) is 7.05 Å². The Morgan fingerprint density at radius 2 is 1.87 bits per heavy atom. The van der Waals surface area contributed by atoms with Crippen LogP contribution < -0.4 is 15.4 Å². The summed E-state index contributed by atoms with van der Waals surface area (Å²) in [4.78, 5) is 20.1. The molecule has 1 fully saturated rings. The highest BCUT2D eigenvalue weighted by molar-refractivity contribution is 6.33. The van der Waals surface area contributed by atoms with Gasteiger partial charge in [-0.2, -0.15) is 10.4 Å². The van der Waals surface area contributed by atoms with Crippen LogP contribution in [-0.4, -0.2) is 40.9 Å². The largest absolute Gasteiger partial charge is 0.366 e. The Bertz CT molecular complexity index is 819. The molecule has 3 heterocycles. The summed E-state index contributed by atoms with van der Waals surface area (Å²) in [5.41, 5.74) is 1.61. The smallest absolute Gasteiger partial charge is 0.287 e. The standard InChI is InChI=1S/C15H15ClN6O/c1-20-15(23)14(16)13(10-19-20)22-7-5-21(6-8-22)12-3-2-4-18-11(12)9-17/h2-4,10H,5-8H2,1H3. The van der Waals surface area contributed by atoms with Crippen LogP contribution in [0.3, 0.4) is 0 Å². The topological polar surface area (TPSA) is 78.1 Å². The van der Waals surface area contributed by atoms with E-state index in [1.807, 2.05) is 17.0 Å². The number of hydrogen-bond acceptors (Lipinski definition) is 6. The van der Waals surface area contributed by atoms with Crippen LogP contribution >= 0.6 is 11.6 Å². The summed E-state index contributed by atoms with van der Waals surface area (Å²) in [5, 5.41) is 13.4. The van der Waals surface area contributed by atoms with Gasteiger partial charge in [0.15, 0.2) is 5.69 Å². The molecule has 0 spiro atoms. The summed E-state index contributed by atoms with van der Waals surface area (Å²) in [5.74, 6) is 0. The van der Waals surface area contributed by atoms with E-state index >= 15 is 0 Å². The SMILES string of the molecule is Cn1ncc(N2CCN(c3cccnc3C#N)CC2)c(Cl)c1=O. The van der Waals surface area contributed by atoms with Gasteiger partial charge in [0, 0.05) is 39.4 Å². The highest BCUT2D eigenvalue weighted by Gasteiger charge is 2.22. The number of piperazine rings is 1. The third-order valence-electron chi connectivity index (χ3n) is 3.91. The van der Waals surface area contributed by atoms with Gasteiger partial charge in [-0.15, -0.1) is 0 Å². The highest BCUT2D eigenvalue weighted by Crippen LogP contribution is 2.25. The Labute approximate surface area is 138 Å². The molecule has 2 aromatic rings.